The molecule has 0 saturated carbocycles. The van der Waals surface area contributed by atoms with Gasteiger partial charge < -0.3 is 14.5 Å². The van der Waals surface area contributed by atoms with E-state index in [0.717, 1.165) is 13.0 Å². The third-order valence-electron chi connectivity index (χ3n) is 2.04. The second-order valence-corrected chi connectivity index (χ2v) is 5.38. The predicted octanol–water partition coefficient (Wildman–Crippen LogP) is 1.93. The lowest BCUT2D eigenvalue weighted by Gasteiger charge is -2.19. The maximum absolute atomic E-state index is 5.46. The van der Waals surface area contributed by atoms with Crippen LogP contribution in [0.25, 0.3) is 0 Å². The molecule has 0 radical (unpaired) electrons. The van der Waals surface area contributed by atoms with Crippen molar-refractivity contribution in [3.63, 3.8) is 0 Å². The molecule has 0 saturated heterocycles. The molecule has 1 aromatic rings. The predicted molar refractivity (Wildman–Crippen MR) is 65.7 cm³/mol. The summed E-state index contributed by atoms with van der Waals surface area (Å²) in [4.78, 5) is 0. The van der Waals surface area contributed by atoms with Gasteiger partial charge in [-0.2, -0.15) is 0 Å². The molecule has 1 heterocycles. The van der Waals surface area contributed by atoms with Gasteiger partial charge in [-0.25, -0.2) is 0 Å². The van der Waals surface area contributed by atoms with Crippen LogP contribution in [0.2, 0.25) is 0 Å². The second-order valence-electron chi connectivity index (χ2n) is 5.38. The van der Waals surface area contributed by atoms with Crippen molar-refractivity contribution in [1.82, 2.24) is 15.5 Å². The maximum Gasteiger partial charge on any atom is 0.242 e. The molecule has 0 spiro atoms. The number of nitrogens with one attached hydrogen (secondary N) is 1. The summed E-state index contributed by atoms with van der Waals surface area (Å²) in [6.45, 7) is 11.6. The fraction of sp³-hybridized carbons (Fsp3) is 0.833. The smallest absolute Gasteiger partial charge is 0.242 e. The number of ether oxygens (including phenoxy) is 1. The number of aromatic nitrogens is 2. The van der Waals surface area contributed by atoms with Gasteiger partial charge >= 0.3 is 0 Å². The minimum absolute atomic E-state index is 0.115. The molecule has 0 bridgehead atoms. The van der Waals surface area contributed by atoms with E-state index in [4.69, 9.17) is 9.15 Å². The highest BCUT2D eigenvalue weighted by Crippen LogP contribution is 2.04. The van der Waals surface area contributed by atoms with E-state index in [1.165, 1.54) is 0 Å². The summed E-state index contributed by atoms with van der Waals surface area (Å²) in [7, 11) is 0. The first-order valence-corrected chi connectivity index (χ1v) is 6.05. The number of rotatable bonds is 6. The summed E-state index contributed by atoms with van der Waals surface area (Å²) in [5.41, 5.74) is 0.115. The molecule has 0 atom stereocenters. The standard InChI is InChI=1S/C12H23N3O2/c1-9(2)16-8-11-15-14-10(17-11)6-7-13-12(3,4)5/h9,13H,6-8H2,1-5H3. The molecule has 0 amide bonds. The van der Waals surface area contributed by atoms with E-state index in [9.17, 15) is 0 Å². The number of nitrogens with zero attached hydrogens (tertiary/aromatic N) is 2. The monoisotopic (exact) mass is 241 g/mol. The van der Waals surface area contributed by atoms with Crippen LogP contribution < -0.4 is 5.32 Å². The minimum atomic E-state index is 0.115. The van der Waals surface area contributed by atoms with Gasteiger partial charge in [-0.15, -0.1) is 10.2 Å². The van der Waals surface area contributed by atoms with E-state index < -0.39 is 0 Å². The first-order valence-electron chi connectivity index (χ1n) is 6.05. The van der Waals surface area contributed by atoms with Crippen molar-refractivity contribution < 1.29 is 9.15 Å². The molecule has 0 fully saturated rings. The van der Waals surface area contributed by atoms with Gasteiger partial charge in [0.05, 0.1) is 6.10 Å². The van der Waals surface area contributed by atoms with E-state index in [-0.39, 0.29) is 11.6 Å². The highest BCUT2D eigenvalue weighted by molar-refractivity contribution is 4.82. The van der Waals surface area contributed by atoms with Crippen molar-refractivity contribution in [2.75, 3.05) is 6.54 Å². The molecule has 0 aromatic carbocycles. The highest BCUT2D eigenvalue weighted by Gasteiger charge is 2.10. The molecule has 17 heavy (non-hydrogen) atoms. The van der Waals surface area contributed by atoms with Gasteiger partial charge in [-0.1, -0.05) is 0 Å². The lowest BCUT2D eigenvalue weighted by molar-refractivity contribution is 0.0511. The molecule has 98 valence electrons. The molecule has 0 unspecified atom stereocenters. The van der Waals surface area contributed by atoms with Gasteiger partial charge in [0.25, 0.3) is 0 Å². The quantitative estimate of drug-likeness (QED) is 0.824. The highest BCUT2D eigenvalue weighted by atomic mass is 16.5. The third-order valence-corrected chi connectivity index (χ3v) is 2.04. The summed E-state index contributed by atoms with van der Waals surface area (Å²) < 4.78 is 10.8. The van der Waals surface area contributed by atoms with Crippen molar-refractivity contribution in [1.29, 1.82) is 0 Å². The van der Waals surface area contributed by atoms with Crippen molar-refractivity contribution in [3.8, 4) is 0 Å². The number of hydrogen-bond donors (Lipinski definition) is 1. The molecular weight excluding hydrogens is 218 g/mol. The van der Waals surface area contributed by atoms with Gasteiger partial charge in [-0.3, -0.25) is 0 Å². The fourth-order valence-corrected chi connectivity index (χ4v) is 1.23. The molecule has 5 heteroatoms. The average Bonchev–Trinajstić information content (AvgIpc) is 2.61. The van der Waals surface area contributed by atoms with Crippen LogP contribution in [0.1, 0.15) is 46.4 Å². The summed E-state index contributed by atoms with van der Waals surface area (Å²) in [6, 6.07) is 0. The Morgan fingerprint density at radius 3 is 2.47 bits per heavy atom. The van der Waals surface area contributed by atoms with Crippen LogP contribution >= 0.6 is 0 Å². The van der Waals surface area contributed by atoms with Crippen LogP contribution in [-0.4, -0.2) is 28.4 Å². The molecule has 0 aliphatic carbocycles. The van der Waals surface area contributed by atoms with Crippen molar-refractivity contribution in [3.05, 3.63) is 11.8 Å². The topological polar surface area (TPSA) is 60.2 Å². The second kappa shape index (κ2) is 6.12. The van der Waals surface area contributed by atoms with Crippen LogP contribution in [0, 0.1) is 0 Å². The molecule has 1 aromatic heterocycles. The van der Waals surface area contributed by atoms with Crippen LogP contribution in [0.4, 0.5) is 0 Å². The van der Waals surface area contributed by atoms with Crippen molar-refractivity contribution >= 4 is 0 Å². The van der Waals surface area contributed by atoms with Crippen LogP contribution in [0.3, 0.4) is 0 Å². The molecule has 1 rings (SSSR count). The first-order chi connectivity index (χ1) is 7.87. The summed E-state index contributed by atoms with van der Waals surface area (Å²) in [5, 5.41) is 11.3. The first kappa shape index (κ1) is 14.1. The summed E-state index contributed by atoms with van der Waals surface area (Å²) in [5.74, 6) is 1.20. The van der Waals surface area contributed by atoms with Crippen molar-refractivity contribution in [2.45, 2.75) is 59.3 Å². The van der Waals surface area contributed by atoms with E-state index in [0.29, 0.717) is 18.4 Å². The summed E-state index contributed by atoms with van der Waals surface area (Å²) >= 11 is 0. The minimum Gasteiger partial charge on any atom is -0.423 e. The summed E-state index contributed by atoms with van der Waals surface area (Å²) in [6.07, 6.45) is 0.916. The van der Waals surface area contributed by atoms with E-state index in [1.807, 2.05) is 13.8 Å². The lowest BCUT2D eigenvalue weighted by atomic mass is 10.1. The Morgan fingerprint density at radius 2 is 1.88 bits per heavy atom. The van der Waals surface area contributed by atoms with E-state index in [2.05, 4.69) is 36.3 Å². The van der Waals surface area contributed by atoms with Crippen LogP contribution in [0.15, 0.2) is 4.42 Å². The van der Waals surface area contributed by atoms with Gasteiger partial charge in [0, 0.05) is 18.5 Å². The van der Waals surface area contributed by atoms with Crippen LogP contribution in [-0.2, 0) is 17.8 Å². The fourth-order valence-electron chi connectivity index (χ4n) is 1.23. The average molecular weight is 241 g/mol. The van der Waals surface area contributed by atoms with Gasteiger partial charge in [0.15, 0.2) is 0 Å². The Hall–Kier alpha value is -0.940. The Balaban J connectivity index is 2.31. The largest absolute Gasteiger partial charge is 0.423 e. The third kappa shape index (κ3) is 6.38. The Bertz CT molecular complexity index is 329. The zero-order valence-corrected chi connectivity index (χ0v) is 11.4. The zero-order valence-electron chi connectivity index (χ0n) is 11.4. The Kier molecular flexibility index (Phi) is 5.08. The number of hydrogen-bond acceptors (Lipinski definition) is 5. The zero-order chi connectivity index (χ0) is 12.9. The van der Waals surface area contributed by atoms with E-state index in [1.54, 1.807) is 0 Å². The van der Waals surface area contributed by atoms with Crippen molar-refractivity contribution in [2.24, 2.45) is 0 Å². The van der Waals surface area contributed by atoms with Gasteiger partial charge in [0.2, 0.25) is 11.8 Å². The molecule has 5 nitrogen and oxygen atoms in total. The van der Waals surface area contributed by atoms with Gasteiger partial charge in [0.1, 0.15) is 6.61 Å². The van der Waals surface area contributed by atoms with Crippen LogP contribution in [0.5, 0.6) is 0 Å². The molecular formula is C12H23N3O2. The molecule has 1 N–H and O–H groups in total. The normalized spacial score (nSPS) is 12.4. The lowest BCUT2D eigenvalue weighted by Crippen LogP contribution is -2.37. The van der Waals surface area contributed by atoms with Gasteiger partial charge in [-0.05, 0) is 34.6 Å². The van der Waals surface area contributed by atoms with E-state index >= 15 is 0 Å². The Labute approximate surface area is 103 Å². The SMILES string of the molecule is CC(C)OCc1nnc(CCNC(C)(C)C)o1. The maximum atomic E-state index is 5.46. The Morgan fingerprint density at radius 1 is 1.24 bits per heavy atom. The molecule has 0 aliphatic heterocycles. The molecule has 0 aliphatic rings.